The molecule has 0 fully saturated rings. The molecule has 0 saturated carbocycles. The van der Waals surface area contributed by atoms with Crippen LogP contribution in [-0.2, 0) is 12.4 Å². The number of hydrogen-bond donors (Lipinski definition) is 0. The van der Waals surface area contributed by atoms with Crippen LogP contribution in [0.3, 0.4) is 0 Å². The summed E-state index contributed by atoms with van der Waals surface area (Å²) in [5, 5.41) is 0. The molecule has 0 bridgehead atoms. The first kappa shape index (κ1) is 14.4. The summed E-state index contributed by atoms with van der Waals surface area (Å²) < 4.78 is 4.45. The van der Waals surface area contributed by atoms with E-state index in [9.17, 15) is 0 Å². The van der Waals surface area contributed by atoms with E-state index in [1.165, 1.54) is 11.1 Å². The van der Waals surface area contributed by atoms with E-state index in [0.29, 0.717) is 0 Å². The highest BCUT2D eigenvalue weighted by molar-refractivity contribution is 8.76. The van der Waals surface area contributed by atoms with Gasteiger partial charge in [0.2, 0.25) is 5.88 Å². The Morgan fingerprint density at radius 1 is 0.789 bits per heavy atom. The average Bonchev–Trinajstić information content (AvgIpc) is 2.43. The summed E-state index contributed by atoms with van der Waals surface area (Å²) in [5.74, 6) is 2.13. The van der Waals surface area contributed by atoms with Gasteiger partial charge in [-0.2, -0.15) is 4.57 Å². The van der Waals surface area contributed by atoms with E-state index in [-0.39, 0.29) is 0 Å². The number of nitrogens with zero attached hydrogens (tertiary/aromatic N) is 2. The highest BCUT2D eigenvalue weighted by atomic mass is 33.1. The molecule has 0 aromatic carbocycles. The van der Waals surface area contributed by atoms with Gasteiger partial charge in [0, 0.05) is 24.3 Å². The molecule has 2 nitrogen and oxygen atoms in total. The molecule has 0 unspecified atom stereocenters. The summed E-state index contributed by atoms with van der Waals surface area (Å²) >= 11 is 0. The number of aryl methyl sites for hydroxylation is 3. The Balaban J connectivity index is 1.64. The number of rotatable bonds is 6. The number of aromatic nitrogens is 2. The predicted octanol–water partition coefficient (Wildman–Crippen LogP) is 2.92. The third kappa shape index (κ3) is 5.25. The van der Waals surface area contributed by atoms with Crippen molar-refractivity contribution < 1.29 is 9.13 Å². The van der Waals surface area contributed by atoms with Crippen LogP contribution in [0.5, 0.6) is 0 Å². The molecular formula is C15H20N2S2+2. The summed E-state index contributed by atoms with van der Waals surface area (Å²) in [6.07, 6.45) is 8.57. The van der Waals surface area contributed by atoms with Gasteiger partial charge in [-0.05, 0) is 35.8 Å². The lowest BCUT2D eigenvalue weighted by atomic mass is 10.3. The molecule has 2 aromatic heterocycles. The van der Waals surface area contributed by atoms with Gasteiger partial charge in [0.15, 0.2) is 31.3 Å². The van der Waals surface area contributed by atoms with Crippen molar-refractivity contribution in [3.63, 3.8) is 0 Å². The Labute approximate surface area is 123 Å². The van der Waals surface area contributed by atoms with Crippen LogP contribution < -0.4 is 9.13 Å². The summed E-state index contributed by atoms with van der Waals surface area (Å²) in [6.45, 7) is 5.30. The summed E-state index contributed by atoms with van der Waals surface area (Å²) in [6, 6.07) is 8.60. The maximum atomic E-state index is 2.24. The zero-order chi connectivity index (χ0) is 13.5. The monoisotopic (exact) mass is 292 g/mol. The van der Waals surface area contributed by atoms with E-state index < -0.39 is 0 Å². The van der Waals surface area contributed by atoms with Gasteiger partial charge in [-0.15, -0.1) is 0 Å². The summed E-state index contributed by atoms with van der Waals surface area (Å²) in [5.41, 5.74) is 2.62. The molecule has 0 aliphatic carbocycles. The SMILES string of the molecule is Cc1cc[n+](CCSSC[n+]2ccc(C)cc2)cc1. The van der Waals surface area contributed by atoms with Crippen LogP contribution in [0.25, 0.3) is 0 Å². The fourth-order valence-corrected chi connectivity index (χ4v) is 3.54. The van der Waals surface area contributed by atoms with Crippen molar-refractivity contribution in [2.45, 2.75) is 26.3 Å². The van der Waals surface area contributed by atoms with Gasteiger partial charge in [-0.3, -0.25) is 0 Å². The van der Waals surface area contributed by atoms with Crippen LogP contribution in [0.2, 0.25) is 0 Å². The van der Waals surface area contributed by atoms with Crippen molar-refractivity contribution in [1.29, 1.82) is 0 Å². The molecular weight excluding hydrogens is 272 g/mol. The fraction of sp³-hybridized carbons (Fsp3) is 0.333. The standard InChI is InChI=1S/C15H20N2S2/c1-14-3-7-16(8-4-14)11-12-18-19-13-17-9-5-15(2)6-10-17/h3-10H,11-13H2,1-2H3/q+2. The van der Waals surface area contributed by atoms with Crippen LogP contribution >= 0.6 is 21.6 Å². The molecule has 0 amide bonds. The summed E-state index contributed by atoms with van der Waals surface area (Å²) in [7, 11) is 3.83. The number of pyridine rings is 2. The van der Waals surface area contributed by atoms with Crippen LogP contribution in [0.4, 0.5) is 0 Å². The van der Waals surface area contributed by atoms with E-state index in [4.69, 9.17) is 0 Å². The zero-order valence-electron chi connectivity index (χ0n) is 11.5. The van der Waals surface area contributed by atoms with Crippen molar-refractivity contribution in [3.8, 4) is 0 Å². The highest BCUT2D eigenvalue weighted by Gasteiger charge is 2.02. The molecule has 2 rings (SSSR count). The predicted molar refractivity (Wildman–Crippen MR) is 82.8 cm³/mol. The first-order valence-electron chi connectivity index (χ1n) is 6.40. The second-order valence-electron chi connectivity index (χ2n) is 4.57. The Morgan fingerprint density at radius 3 is 1.89 bits per heavy atom. The Hall–Kier alpha value is -1.00. The summed E-state index contributed by atoms with van der Waals surface area (Å²) in [4.78, 5) is 0. The van der Waals surface area contributed by atoms with Crippen molar-refractivity contribution in [1.82, 2.24) is 0 Å². The van der Waals surface area contributed by atoms with Crippen molar-refractivity contribution in [2.24, 2.45) is 0 Å². The van der Waals surface area contributed by atoms with Gasteiger partial charge in [-0.1, -0.05) is 10.8 Å². The van der Waals surface area contributed by atoms with Gasteiger partial charge in [0.05, 0.1) is 5.75 Å². The van der Waals surface area contributed by atoms with Gasteiger partial charge in [0.25, 0.3) is 0 Å². The largest absolute Gasteiger partial charge is 0.204 e. The first-order chi connectivity index (χ1) is 9.24. The van der Waals surface area contributed by atoms with E-state index in [2.05, 4.69) is 72.0 Å². The second-order valence-corrected chi connectivity index (χ2v) is 7.12. The van der Waals surface area contributed by atoms with Crippen LogP contribution in [0.1, 0.15) is 11.1 Å². The minimum Gasteiger partial charge on any atom is -0.204 e. The molecule has 0 spiro atoms. The maximum absolute atomic E-state index is 2.24. The Bertz CT molecular complexity index is 447. The highest BCUT2D eigenvalue weighted by Crippen LogP contribution is 2.20. The maximum Gasteiger partial charge on any atom is 0.204 e. The molecule has 2 heterocycles. The zero-order valence-corrected chi connectivity index (χ0v) is 13.1. The van der Waals surface area contributed by atoms with E-state index >= 15 is 0 Å². The second kappa shape index (κ2) is 7.56. The molecule has 19 heavy (non-hydrogen) atoms. The smallest absolute Gasteiger partial charge is 0.204 e. The van der Waals surface area contributed by atoms with E-state index in [0.717, 1.165) is 18.2 Å². The van der Waals surface area contributed by atoms with Gasteiger partial charge in [0.1, 0.15) is 0 Å². The van der Waals surface area contributed by atoms with Gasteiger partial charge in [-0.25, -0.2) is 4.57 Å². The molecule has 0 N–H and O–H groups in total. The molecule has 100 valence electrons. The van der Waals surface area contributed by atoms with Gasteiger partial charge >= 0.3 is 0 Å². The lowest BCUT2D eigenvalue weighted by molar-refractivity contribution is -0.692. The molecule has 0 saturated heterocycles. The number of hydrogen-bond acceptors (Lipinski definition) is 2. The normalized spacial score (nSPS) is 10.6. The molecule has 0 aliphatic rings. The van der Waals surface area contributed by atoms with Crippen molar-refractivity contribution in [2.75, 3.05) is 5.75 Å². The van der Waals surface area contributed by atoms with Crippen LogP contribution in [-0.4, -0.2) is 5.75 Å². The van der Waals surface area contributed by atoms with E-state index in [1.54, 1.807) is 0 Å². The third-order valence-electron chi connectivity index (χ3n) is 2.83. The van der Waals surface area contributed by atoms with Gasteiger partial charge < -0.3 is 0 Å². The fourth-order valence-electron chi connectivity index (χ4n) is 1.60. The van der Waals surface area contributed by atoms with Crippen molar-refractivity contribution in [3.05, 3.63) is 60.2 Å². The van der Waals surface area contributed by atoms with Crippen LogP contribution in [0.15, 0.2) is 49.1 Å². The minimum absolute atomic E-state index is 1.00. The molecule has 2 aromatic rings. The third-order valence-corrected chi connectivity index (χ3v) is 5.07. The topological polar surface area (TPSA) is 7.76 Å². The van der Waals surface area contributed by atoms with Crippen LogP contribution in [0, 0.1) is 13.8 Å². The Kier molecular flexibility index (Phi) is 5.73. The average molecular weight is 292 g/mol. The van der Waals surface area contributed by atoms with E-state index in [1.807, 2.05) is 21.6 Å². The Morgan fingerprint density at radius 2 is 1.32 bits per heavy atom. The first-order valence-corrected chi connectivity index (χ1v) is 8.89. The van der Waals surface area contributed by atoms with Crippen molar-refractivity contribution >= 4 is 21.6 Å². The molecule has 0 radical (unpaired) electrons. The lowest BCUT2D eigenvalue weighted by Crippen LogP contribution is -2.33. The molecule has 0 aliphatic heterocycles. The minimum atomic E-state index is 1.00. The quantitative estimate of drug-likeness (QED) is 0.459. The molecule has 4 heteroatoms. The lowest BCUT2D eigenvalue weighted by Gasteiger charge is -1.98. The molecule has 0 atom stereocenters.